The lowest BCUT2D eigenvalue weighted by Crippen LogP contribution is -2.11. The topological polar surface area (TPSA) is 88.0 Å². The van der Waals surface area contributed by atoms with Gasteiger partial charge in [0, 0.05) is 24.5 Å². The molecular weight excluding hydrogens is 240 g/mol. The zero-order valence-corrected chi connectivity index (χ0v) is 9.65. The van der Waals surface area contributed by atoms with Gasteiger partial charge in [-0.15, -0.1) is 16.4 Å². The van der Waals surface area contributed by atoms with E-state index in [1.807, 2.05) is 5.38 Å². The number of rotatable bonds is 5. The average molecular weight is 250 g/mol. The van der Waals surface area contributed by atoms with E-state index in [2.05, 4.69) is 20.5 Å². The summed E-state index contributed by atoms with van der Waals surface area (Å²) in [5.41, 5.74) is 0.124. The summed E-state index contributed by atoms with van der Waals surface area (Å²) in [7, 11) is 0. The smallest absolute Gasteiger partial charge is 0.339 e. The molecule has 2 rings (SSSR count). The number of carbonyl (C=O) groups is 1. The largest absolute Gasteiger partial charge is 0.478 e. The Bertz CT molecular complexity index is 501. The Hall–Kier alpha value is -2.02. The normalized spacial score (nSPS) is 10.1. The Morgan fingerprint density at radius 1 is 1.47 bits per heavy atom. The maximum Gasteiger partial charge on any atom is 0.339 e. The van der Waals surface area contributed by atoms with E-state index >= 15 is 0 Å². The lowest BCUT2D eigenvalue weighted by molar-refractivity contribution is 0.0697. The second-order valence-corrected chi connectivity index (χ2v) is 4.18. The summed E-state index contributed by atoms with van der Waals surface area (Å²) in [4.78, 5) is 15.0. The van der Waals surface area contributed by atoms with Crippen LogP contribution in [0.2, 0.25) is 0 Å². The number of hydrogen-bond acceptors (Lipinski definition) is 6. The number of carboxylic acids is 1. The number of thiazole rings is 1. The molecule has 0 fully saturated rings. The van der Waals surface area contributed by atoms with Crippen LogP contribution in [0.15, 0.2) is 23.8 Å². The fourth-order valence-electron chi connectivity index (χ4n) is 1.30. The minimum atomic E-state index is -1.02. The molecule has 0 aromatic carbocycles. The second kappa shape index (κ2) is 5.35. The molecule has 0 radical (unpaired) electrons. The van der Waals surface area contributed by atoms with Crippen molar-refractivity contribution in [1.82, 2.24) is 15.2 Å². The van der Waals surface area contributed by atoms with E-state index in [0.29, 0.717) is 6.54 Å². The van der Waals surface area contributed by atoms with Crippen LogP contribution in [0, 0.1) is 0 Å². The third-order valence-electron chi connectivity index (χ3n) is 2.07. The molecule has 7 heteroatoms. The van der Waals surface area contributed by atoms with Crippen LogP contribution in [0.4, 0.5) is 5.82 Å². The summed E-state index contributed by atoms with van der Waals surface area (Å²) in [6.45, 7) is 0.576. The monoisotopic (exact) mass is 250 g/mol. The molecule has 0 atom stereocenters. The summed E-state index contributed by atoms with van der Waals surface area (Å²) in [5, 5.41) is 22.2. The van der Waals surface area contributed by atoms with Crippen molar-refractivity contribution in [3.63, 3.8) is 0 Å². The fourth-order valence-corrected chi connectivity index (χ4v) is 1.92. The number of aromatic carboxylic acids is 1. The van der Waals surface area contributed by atoms with Crippen molar-refractivity contribution in [2.45, 2.75) is 6.42 Å². The van der Waals surface area contributed by atoms with Gasteiger partial charge in [0.05, 0.1) is 11.2 Å². The van der Waals surface area contributed by atoms with Crippen molar-refractivity contribution < 1.29 is 9.90 Å². The highest BCUT2D eigenvalue weighted by Crippen LogP contribution is 2.10. The SMILES string of the molecule is O=C(O)c1ccnnc1NCCc1nccs1. The van der Waals surface area contributed by atoms with Gasteiger partial charge in [-0.1, -0.05) is 0 Å². The highest BCUT2D eigenvalue weighted by Gasteiger charge is 2.10. The van der Waals surface area contributed by atoms with Crippen molar-refractivity contribution in [1.29, 1.82) is 0 Å². The Morgan fingerprint density at radius 2 is 2.35 bits per heavy atom. The first-order valence-corrected chi connectivity index (χ1v) is 5.82. The van der Waals surface area contributed by atoms with Gasteiger partial charge in [-0.2, -0.15) is 5.10 Å². The predicted octanol–water partition coefficient (Wildman–Crippen LogP) is 1.29. The standard InChI is InChI=1S/C10H10N4O2S/c15-10(16)7-1-4-13-14-9(7)12-3-2-8-11-5-6-17-8/h1,4-6H,2-3H2,(H,12,14)(H,15,16). The summed E-state index contributed by atoms with van der Waals surface area (Å²) < 4.78 is 0. The van der Waals surface area contributed by atoms with Gasteiger partial charge in [0.25, 0.3) is 0 Å². The Kier molecular flexibility index (Phi) is 3.61. The predicted molar refractivity (Wildman–Crippen MR) is 63.3 cm³/mol. The molecule has 0 unspecified atom stereocenters. The van der Waals surface area contributed by atoms with Crippen molar-refractivity contribution in [2.24, 2.45) is 0 Å². The summed E-state index contributed by atoms with van der Waals surface area (Å²) in [6, 6.07) is 1.42. The van der Waals surface area contributed by atoms with Crippen molar-refractivity contribution >= 4 is 23.1 Å². The number of carboxylic acid groups (broad SMARTS) is 1. The van der Waals surface area contributed by atoms with Crippen LogP contribution in [-0.4, -0.2) is 32.8 Å². The number of hydrogen-bond donors (Lipinski definition) is 2. The third kappa shape index (κ3) is 2.97. The van der Waals surface area contributed by atoms with E-state index < -0.39 is 5.97 Å². The van der Waals surface area contributed by atoms with Gasteiger partial charge in [0.1, 0.15) is 5.56 Å². The molecule has 0 bridgehead atoms. The highest BCUT2D eigenvalue weighted by molar-refractivity contribution is 7.09. The molecule has 2 heterocycles. The Labute approximate surface area is 101 Å². The lowest BCUT2D eigenvalue weighted by atomic mass is 10.3. The first-order chi connectivity index (χ1) is 8.27. The van der Waals surface area contributed by atoms with Crippen molar-refractivity contribution in [3.8, 4) is 0 Å². The summed E-state index contributed by atoms with van der Waals surface area (Å²) in [5.74, 6) is -0.729. The van der Waals surface area contributed by atoms with E-state index in [0.717, 1.165) is 11.4 Å². The molecule has 88 valence electrons. The van der Waals surface area contributed by atoms with Gasteiger partial charge in [-0.3, -0.25) is 0 Å². The van der Waals surface area contributed by atoms with E-state index in [-0.39, 0.29) is 11.4 Å². The Morgan fingerprint density at radius 3 is 3.06 bits per heavy atom. The zero-order chi connectivity index (χ0) is 12.1. The van der Waals surface area contributed by atoms with Gasteiger partial charge in [0.15, 0.2) is 5.82 Å². The van der Waals surface area contributed by atoms with E-state index in [9.17, 15) is 4.79 Å². The lowest BCUT2D eigenvalue weighted by Gasteiger charge is -2.05. The van der Waals surface area contributed by atoms with Crippen LogP contribution in [0.3, 0.4) is 0 Å². The maximum absolute atomic E-state index is 10.9. The molecule has 6 nitrogen and oxygen atoms in total. The van der Waals surface area contributed by atoms with Crippen LogP contribution in [0.25, 0.3) is 0 Å². The van der Waals surface area contributed by atoms with E-state index in [1.54, 1.807) is 17.5 Å². The molecule has 0 saturated carbocycles. The van der Waals surface area contributed by atoms with Crippen molar-refractivity contribution in [3.05, 3.63) is 34.4 Å². The third-order valence-corrected chi connectivity index (χ3v) is 2.91. The molecule has 0 saturated heterocycles. The number of nitrogens with zero attached hydrogens (tertiary/aromatic N) is 3. The van der Waals surface area contributed by atoms with Gasteiger partial charge in [-0.05, 0) is 6.07 Å². The van der Waals surface area contributed by atoms with Crippen LogP contribution in [-0.2, 0) is 6.42 Å². The van der Waals surface area contributed by atoms with E-state index in [1.165, 1.54) is 12.3 Å². The van der Waals surface area contributed by atoms with Gasteiger partial charge in [0.2, 0.25) is 0 Å². The van der Waals surface area contributed by atoms with Gasteiger partial charge >= 0.3 is 5.97 Å². The van der Waals surface area contributed by atoms with Gasteiger partial charge < -0.3 is 10.4 Å². The molecule has 2 aromatic rings. The molecule has 0 spiro atoms. The number of aromatic nitrogens is 3. The zero-order valence-electron chi connectivity index (χ0n) is 8.83. The number of anilines is 1. The maximum atomic E-state index is 10.9. The van der Waals surface area contributed by atoms with Crippen LogP contribution in [0.1, 0.15) is 15.4 Å². The summed E-state index contributed by atoms with van der Waals surface area (Å²) in [6.07, 6.45) is 3.83. The van der Waals surface area contributed by atoms with Crippen LogP contribution in [0.5, 0.6) is 0 Å². The first kappa shape index (κ1) is 11.5. The molecule has 0 aliphatic heterocycles. The highest BCUT2D eigenvalue weighted by atomic mass is 32.1. The molecule has 0 amide bonds. The molecule has 0 aliphatic carbocycles. The molecule has 0 aliphatic rings. The van der Waals surface area contributed by atoms with E-state index in [4.69, 9.17) is 5.11 Å². The summed E-state index contributed by atoms with van der Waals surface area (Å²) >= 11 is 1.57. The molecule has 2 aromatic heterocycles. The Balaban J connectivity index is 1.97. The minimum Gasteiger partial charge on any atom is -0.478 e. The van der Waals surface area contributed by atoms with Gasteiger partial charge in [-0.25, -0.2) is 9.78 Å². The fraction of sp³-hybridized carbons (Fsp3) is 0.200. The molecule has 2 N–H and O–H groups in total. The minimum absolute atomic E-state index is 0.124. The second-order valence-electron chi connectivity index (χ2n) is 3.20. The van der Waals surface area contributed by atoms with Crippen LogP contribution < -0.4 is 5.32 Å². The first-order valence-electron chi connectivity index (χ1n) is 4.94. The number of nitrogens with one attached hydrogen (secondary N) is 1. The molecule has 17 heavy (non-hydrogen) atoms. The van der Waals surface area contributed by atoms with Crippen molar-refractivity contribution in [2.75, 3.05) is 11.9 Å². The average Bonchev–Trinajstić information content (AvgIpc) is 2.82. The quantitative estimate of drug-likeness (QED) is 0.831. The molecular formula is C10H10N4O2S. The van der Waals surface area contributed by atoms with Crippen LogP contribution >= 0.6 is 11.3 Å².